The minimum Gasteiger partial charge on any atom is -0.477 e. The molecule has 1 heterocycles. The van der Waals surface area contributed by atoms with Gasteiger partial charge in [-0.25, -0.2) is 9.78 Å². The Kier molecular flexibility index (Phi) is 3.87. The lowest BCUT2D eigenvalue weighted by Crippen LogP contribution is -2.23. The maximum absolute atomic E-state index is 11.8. The largest absolute Gasteiger partial charge is 0.477 e. The highest BCUT2D eigenvalue weighted by Gasteiger charge is 2.08. The SMILES string of the molecule is O=C(NCc1ccccc1)c1ccc(C(=O)O)nc1. The van der Waals surface area contributed by atoms with Gasteiger partial charge in [0.1, 0.15) is 5.69 Å². The minimum atomic E-state index is -1.11. The molecule has 2 rings (SSSR count). The van der Waals surface area contributed by atoms with E-state index in [9.17, 15) is 9.59 Å². The summed E-state index contributed by atoms with van der Waals surface area (Å²) in [4.78, 5) is 26.1. The number of aromatic nitrogens is 1. The summed E-state index contributed by atoms with van der Waals surface area (Å²) in [5, 5.41) is 11.4. The van der Waals surface area contributed by atoms with Gasteiger partial charge in [-0.15, -0.1) is 0 Å². The van der Waals surface area contributed by atoms with Gasteiger partial charge in [0, 0.05) is 12.7 Å². The van der Waals surface area contributed by atoms with Gasteiger partial charge in [0.2, 0.25) is 0 Å². The Labute approximate surface area is 109 Å². The molecule has 0 aliphatic rings. The van der Waals surface area contributed by atoms with Gasteiger partial charge in [0.15, 0.2) is 0 Å². The third-order valence-electron chi connectivity index (χ3n) is 2.54. The molecule has 0 saturated heterocycles. The monoisotopic (exact) mass is 256 g/mol. The molecule has 1 aromatic carbocycles. The Morgan fingerprint density at radius 2 is 1.84 bits per heavy atom. The topological polar surface area (TPSA) is 79.3 Å². The zero-order chi connectivity index (χ0) is 13.7. The molecule has 1 amide bonds. The maximum atomic E-state index is 11.8. The summed E-state index contributed by atoms with van der Waals surface area (Å²) < 4.78 is 0. The van der Waals surface area contributed by atoms with E-state index in [4.69, 9.17) is 5.11 Å². The molecule has 0 aliphatic carbocycles. The van der Waals surface area contributed by atoms with E-state index in [1.54, 1.807) is 0 Å². The molecule has 0 aliphatic heterocycles. The van der Waals surface area contributed by atoms with Crippen LogP contribution in [-0.4, -0.2) is 22.0 Å². The number of carbonyl (C=O) groups is 2. The van der Waals surface area contributed by atoms with E-state index in [2.05, 4.69) is 10.3 Å². The second-order valence-corrected chi connectivity index (χ2v) is 3.91. The lowest BCUT2D eigenvalue weighted by atomic mass is 10.2. The second-order valence-electron chi connectivity index (χ2n) is 3.91. The van der Waals surface area contributed by atoms with E-state index in [1.807, 2.05) is 30.3 Å². The average Bonchev–Trinajstić information content (AvgIpc) is 2.46. The first-order chi connectivity index (χ1) is 9.16. The molecule has 0 atom stereocenters. The highest BCUT2D eigenvalue weighted by atomic mass is 16.4. The molecule has 19 heavy (non-hydrogen) atoms. The van der Waals surface area contributed by atoms with E-state index >= 15 is 0 Å². The fourth-order valence-electron chi connectivity index (χ4n) is 1.53. The van der Waals surface area contributed by atoms with Crippen LogP contribution in [0.4, 0.5) is 0 Å². The molecule has 5 nitrogen and oxygen atoms in total. The number of amides is 1. The van der Waals surface area contributed by atoms with E-state index < -0.39 is 5.97 Å². The minimum absolute atomic E-state index is 0.0837. The highest BCUT2D eigenvalue weighted by molar-refractivity contribution is 5.94. The van der Waals surface area contributed by atoms with Crippen molar-refractivity contribution in [1.29, 1.82) is 0 Å². The number of carbonyl (C=O) groups excluding carboxylic acids is 1. The zero-order valence-corrected chi connectivity index (χ0v) is 10.0. The number of nitrogens with zero attached hydrogens (tertiary/aromatic N) is 1. The van der Waals surface area contributed by atoms with Crippen LogP contribution in [0, 0.1) is 0 Å². The molecular weight excluding hydrogens is 244 g/mol. The van der Waals surface area contributed by atoms with Crippen LogP contribution in [0.3, 0.4) is 0 Å². The third kappa shape index (κ3) is 3.38. The number of hydrogen-bond acceptors (Lipinski definition) is 3. The van der Waals surface area contributed by atoms with Gasteiger partial charge >= 0.3 is 5.97 Å². The number of benzene rings is 1. The first-order valence-electron chi connectivity index (χ1n) is 5.68. The van der Waals surface area contributed by atoms with Crippen LogP contribution in [0.25, 0.3) is 0 Å². The van der Waals surface area contributed by atoms with Crippen LogP contribution in [-0.2, 0) is 6.54 Å². The summed E-state index contributed by atoms with van der Waals surface area (Å²) in [6, 6.07) is 12.3. The van der Waals surface area contributed by atoms with E-state index in [0.717, 1.165) is 5.56 Å². The van der Waals surface area contributed by atoms with Crippen molar-refractivity contribution in [2.75, 3.05) is 0 Å². The number of rotatable bonds is 4. The van der Waals surface area contributed by atoms with Crippen LogP contribution in [0.1, 0.15) is 26.4 Å². The highest BCUT2D eigenvalue weighted by Crippen LogP contribution is 2.02. The van der Waals surface area contributed by atoms with Crippen molar-refractivity contribution in [3.8, 4) is 0 Å². The van der Waals surface area contributed by atoms with Gasteiger partial charge in [-0.2, -0.15) is 0 Å². The van der Waals surface area contributed by atoms with Crippen molar-refractivity contribution in [3.63, 3.8) is 0 Å². The number of pyridine rings is 1. The molecule has 0 spiro atoms. The van der Waals surface area contributed by atoms with Crippen LogP contribution in [0.15, 0.2) is 48.7 Å². The molecule has 0 radical (unpaired) electrons. The number of carboxylic acid groups (broad SMARTS) is 1. The van der Waals surface area contributed by atoms with Crippen LogP contribution < -0.4 is 5.32 Å². The van der Waals surface area contributed by atoms with Crippen LogP contribution >= 0.6 is 0 Å². The van der Waals surface area contributed by atoms with Gasteiger partial charge < -0.3 is 10.4 Å². The van der Waals surface area contributed by atoms with Crippen molar-refractivity contribution in [3.05, 3.63) is 65.5 Å². The summed E-state index contributed by atoms with van der Waals surface area (Å²) >= 11 is 0. The summed E-state index contributed by atoms with van der Waals surface area (Å²) in [6.45, 7) is 0.417. The molecule has 2 N–H and O–H groups in total. The Balaban J connectivity index is 1.98. The predicted octanol–water partition coefficient (Wildman–Crippen LogP) is 1.71. The molecule has 0 fully saturated rings. The summed E-state index contributed by atoms with van der Waals surface area (Å²) in [6.07, 6.45) is 1.25. The van der Waals surface area contributed by atoms with Gasteiger partial charge in [0.05, 0.1) is 5.56 Å². The fourth-order valence-corrected chi connectivity index (χ4v) is 1.53. The maximum Gasteiger partial charge on any atom is 0.354 e. The Morgan fingerprint density at radius 1 is 1.11 bits per heavy atom. The van der Waals surface area contributed by atoms with Gasteiger partial charge in [0.25, 0.3) is 5.91 Å². The summed E-state index contributed by atoms with van der Waals surface area (Å²) in [7, 11) is 0. The molecule has 5 heteroatoms. The Hall–Kier alpha value is -2.69. The van der Waals surface area contributed by atoms with Crippen molar-refractivity contribution in [2.45, 2.75) is 6.54 Å². The standard InChI is InChI=1S/C14H12N2O3/c17-13(16-8-10-4-2-1-3-5-10)11-6-7-12(14(18)19)15-9-11/h1-7,9H,8H2,(H,16,17)(H,18,19). The van der Waals surface area contributed by atoms with Gasteiger partial charge in [-0.05, 0) is 17.7 Å². The Bertz CT molecular complexity index is 579. The average molecular weight is 256 g/mol. The number of nitrogens with one attached hydrogen (secondary N) is 1. The first kappa shape index (κ1) is 12.8. The predicted molar refractivity (Wildman–Crippen MR) is 68.8 cm³/mol. The van der Waals surface area contributed by atoms with E-state index in [0.29, 0.717) is 12.1 Å². The van der Waals surface area contributed by atoms with Gasteiger partial charge in [-0.1, -0.05) is 30.3 Å². The quantitative estimate of drug-likeness (QED) is 0.872. The molecule has 0 unspecified atom stereocenters. The van der Waals surface area contributed by atoms with E-state index in [-0.39, 0.29) is 11.6 Å². The molecule has 0 bridgehead atoms. The molecular formula is C14H12N2O3. The molecule has 0 saturated carbocycles. The van der Waals surface area contributed by atoms with Gasteiger partial charge in [-0.3, -0.25) is 4.79 Å². The number of hydrogen-bond donors (Lipinski definition) is 2. The lowest BCUT2D eigenvalue weighted by molar-refractivity contribution is 0.0689. The van der Waals surface area contributed by atoms with Crippen molar-refractivity contribution in [2.24, 2.45) is 0 Å². The summed E-state index contributed by atoms with van der Waals surface area (Å²) in [5.74, 6) is -1.40. The van der Waals surface area contributed by atoms with Crippen LogP contribution in [0.2, 0.25) is 0 Å². The summed E-state index contributed by atoms with van der Waals surface area (Å²) in [5.41, 5.74) is 1.24. The normalized spacial score (nSPS) is 9.89. The zero-order valence-electron chi connectivity index (χ0n) is 10.0. The van der Waals surface area contributed by atoms with Crippen LogP contribution in [0.5, 0.6) is 0 Å². The third-order valence-corrected chi connectivity index (χ3v) is 2.54. The number of carboxylic acids is 1. The number of aromatic carboxylic acids is 1. The lowest BCUT2D eigenvalue weighted by Gasteiger charge is -2.05. The Morgan fingerprint density at radius 3 is 2.42 bits per heavy atom. The van der Waals surface area contributed by atoms with E-state index in [1.165, 1.54) is 18.3 Å². The smallest absolute Gasteiger partial charge is 0.354 e. The molecule has 96 valence electrons. The molecule has 2 aromatic rings. The van der Waals surface area contributed by atoms with Crippen molar-refractivity contribution >= 4 is 11.9 Å². The fraction of sp³-hybridized carbons (Fsp3) is 0.0714. The molecule has 1 aromatic heterocycles. The van der Waals surface area contributed by atoms with Crippen molar-refractivity contribution in [1.82, 2.24) is 10.3 Å². The van der Waals surface area contributed by atoms with Crippen molar-refractivity contribution < 1.29 is 14.7 Å². The second kappa shape index (κ2) is 5.77. The first-order valence-corrected chi connectivity index (χ1v) is 5.68.